The Balaban J connectivity index is 2.22. The van der Waals surface area contributed by atoms with Gasteiger partial charge in [0.1, 0.15) is 18.8 Å². The van der Waals surface area contributed by atoms with Gasteiger partial charge < -0.3 is 15.0 Å². The van der Waals surface area contributed by atoms with Crippen LogP contribution in [0.1, 0.15) is 18.7 Å². The quantitative estimate of drug-likeness (QED) is 0.409. The number of nitro groups is 1. The van der Waals surface area contributed by atoms with Crippen molar-refractivity contribution in [1.29, 1.82) is 0 Å². The fraction of sp³-hybridized carbons (Fsp3) is 0.636. The molecule has 0 radical (unpaired) electrons. The molecule has 1 N–H and O–H groups in total. The van der Waals surface area contributed by atoms with Gasteiger partial charge in [0.05, 0.1) is 6.54 Å². The minimum atomic E-state index is -4.77. The number of nitrogens with zero attached hydrogens (tertiary/aromatic N) is 4. The second-order valence-electron chi connectivity index (χ2n) is 5.12. The largest absolute Gasteiger partial charge is 0.397 e. The van der Waals surface area contributed by atoms with Gasteiger partial charge in [0.2, 0.25) is 5.91 Å². The van der Waals surface area contributed by atoms with Crippen LogP contribution in [0.5, 0.6) is 0 Å². The molecule has 0 aromatic carbocycles. The Morgan fingerprint density at radius 1 is 1.52 bits per heavy atom. The first kappa shape index (κ1) is 17.3. The molecule has 0 spiro atoms. The standard InChI is InChI=1S/C11H16N4O7S/c1-8-12-5-10(15(17)18)14(8)7-9(22-23(19,20)21)6-13-4-2-3-11(13)16/h5,9H,2-4,6-7H2,1H3,(H,19,20,21). The van der Waals surface area contributed by atoms with Gasteiger partial charge in [0.15, 0.2) is 5.82 Å². The van der Waals surface area contributed by atoms with Gasteiger partial charge in [-0.15, -0.1) is 0 Å². The zero-order valence-electron chi connectivity index (χ0n) is 12.3. The number of likely N-dealkylation sites (tertiary alicyclic amines) is 1. The number of imidazole rings is 1. The molecule has 128 valence electrons. The topological polar surface area (TPSA) is 145 Å². The van der Waals surface area contributed by atoms with E-state index in [4.69, 9.17) is 4.55 Å². The molecule has 1 aliphatic heterocycles. The fourth-order valence-electron chi connectivity index (χ4n) is 2.46. The maximum absolute atomic E-state index is 11.7. The monoisotopic (exact) mass is 348 g/mol. The molecule has 1 amide bonds. The van der Waals surface area contributed by atoms with Crippen molar-refractivity contribution in [1.82, 2.24) is 14.5 Å². The molecule has 0 saturated carbocycles. The van der Waals surface area contributed by atoms with Crippen LogP contribution >= 0.6 is 0 Å². The molecular weight excluding hydrogens is 332 g/mol. The van der Waals surface area contributed by atoms with Gasteiger partial charge in [0.25, 0.3) is 0 Å². The van der Waals surface area contributed by atoms with E-state index < -0.39 is 21.4 Å². The summed E-state index contributed by atoms with van der Waals surface area (Å²) in [7, 11) is -4.77. The maximum Gasteiger partial charge on any atom is 0.397 e. The highest BCUT2D eigenvalue weighted by Gasteiger charge is 2.30. The van der Waals surface area contributed by atoms with Crippen LogP contribution in [-0.2, 0) is 25.9 Å². The molecule has 1 aliphatic rings. The summed E-state index contributed by atoms with van der Waals surface area (Å²) in [6.07, 6.45) is 0.865. The third-order valence-electron chi connectivity index (χ3n) is 3.46. The number of hydrogen-bond donors (Lipinski definition) is 1. The van der Waals surface area contributed by atoms with E-state index in [1.807, 2.05) is 0 Å². The van der Waals surface area contributed by atoms with Crippen molar-refractivity contribution >= 4 is 22.1 Å². The number of carbonyl (C=O) groups excluding carboxylic acids is 1. The van der Waals surface area contributed by atoms with Gasteiger partial charge in [-0.05, 0) is 11.3 Å². The number of rotatable bonds is 7. The highest BCUT2D eigenvalue weighted by atomic mass is 32.3. The zero-order chi connectivity index (χ0) is 17.2. The lowest BCUT2D eigenvalue weighted by Crippen LogP contribution is -2.38. The van der Waals surface area contributed by atoms with Crippen LogP contribution in [0, 0.1) is 17.0 Å². The molecule has 1 atom stereocenters. The number of aryl methyl sites for hydroxylation is 1. The Morgan fingerprint density at radius 2 is 2.22 bits per heavy atom. The molecule has 1 aromatic heterocycles. The molecule has 11 nitrogen and oxygen atoms in total. The third kappa shape index (κ3) is 4.46. The smallest absolute Gasteiger partial charge is 0.358 e. The van der Waals surface area contributed by atoms with Crippen LogP contribution in [0.4, 0.5) is 5.82 Å². The molecule has 0 aliphatic carbocycles. The Labute approximate surface area is 132 Å². The number of amides is 1. The first-order valence-corrected chi connectivity index (χ1v) is 8.14. The van der Waals surface area contributed by atoms with Crippen molar-refractivity contribution in [3.05, 3.63) is 22.1 Å². The van der Waals surface area contributed by atoms with E-state index in [-0.39, 0.29) is 30.6 Å². The van der Waals surface area contributed by atoms with E-state index in [0.717, 1.165) is 10.8 Å². The van der Waals surface area contributed by atoms with Crippen LogP contribution in [0.15, 0.2) is 6.20 Å². The molecule has 1 aromatic rings. The maximum atomic E-state index is 11.7. The Bertz CT molecular complexity index is 714. The van der Waals surface area contributed by atoms with Crippen LogP contribution in [0.2, 0.25) is 0 Å². The van der Waals surface area contributed by atoms with Gasteiger partial charge in [0, 0.05) is 19.9 Å². The molecule has 1 fully saturated rings. The van der Waals surface area contributed by atoms with E-state index >= 15 is 0 Å². The van der Waals surface area contributed by atoms with Crippen LogP contribution in [-0.4, -0.2) is 57.4 Å². The van der Waals surface area contributed by atoms with Crippen molar-refractivity contribution in [2.24, 2.45) is 0 Å². The first-order chi connectivity index (χ1) is 10.7. The predicted octanol–water partition coefficient (Wildman–Crippen LogP) is -0.0899. The van der Waals surface area contributed by atoms with E-state index in [2.05, 4.69) is 9.17 Å². The number of carbonyl (C=O) groups is 1. The summed E-state index contributed by atoms with van der Waals surface area (Å²) in [6.45, 7) is 1.60. The lowest BCUT2D eigenvalue weighted by atomic mass is 10.3. The third-order valence-corrected chi connectivity index (χ3v) is 3.98. The van der Waals surface area contributed by atoms with E-state index in [0.29, 0.717) is 19.4 Å². The molecule has 12 heteroatoms. The van der Waals surface area contributed by atoms with Crippen LogP contribution in [0.25, 0.3) is 0 Å². The molecule has 23 heavy (non-hydrogen) atoms. The van der Waals surface area contributed by atoms with Crippen molar-refractivity contribution in [3.63, 3.8) is 0 Å². The number of aromatic nitrogens is 2. The fourth-order valence-corrected chi connectivity index (χ4v) is 2.93. The van der Waals surface area contributed by atoms with Crippen molar-refractivity contribution < 1.29 is 26.9 Å². The Morgan fingerprint density at radius 3 is 2.74 bits per heavy atom. The highest BCUT2D eigenvalue weighted by molar-refractivity contribution is 7.80. The summed E-state index contributed by atoms with van der Waals surface area (Å²) in [5.41, 5.74) is 0. The summed E-state index contributed by atoms with van der Waals surface area (Å²) in [5.74, 6) is -0.210. The molecule has 2 heterocycles. The Kier molecular flexibility index (Phi) is 4.97. The normalized spacial score (nSPS) is 16.8. The molecule has 1 saturated heterocycles. The minimum absolute atomic E-state index is 0.104. The molecule has 0 bridgehead atoms. The van der Waals surface area contributed by atoms with Crippen molar-refractivity contribution in [3.8, 4) is 0 Å². The van der Waals surface area contributed by atoms with Crippen molar-refractivity contribution in [2.45, 2.75) is 32.4 Å². The zero-order valence-corrected chi connectivity index (χ0v) is 13.1. The van der Waals surface area contributed by atoms with E-state index in [1.165, 1.54) is 11.8 Å². The van der Waals surface area contributed by atoms with Gasteiger partial charge >= 0.3 is 16.2 Å². The average Bonchev–Trinajstić information content (AvgIpc) is 2.96. The lowest BCUT2D eigenvalue weighted by Gasteiger charge is -2.21. The van der Waals surface area contributed by atoms with E-state index in [9.17, 15) is 23.3 Å². The van der Waals surface area contributed by atoms with Crippen LogP contribution < -0.4 is 0 Å². The predicted molar refractivity (Wildman–Crippen MR) is 75.9 cm³/mol. The minimum Gasteiger partial charge on any atom is -0.358 e. The highest BCUT2D eigenvalue weighted by Crippen LogP contribution is 2.18. The summed E-state index contributed by atoms with van der Waals surface area (Å²) >= 11 is 0. The SMILES string of the molecule is Cc1ncc([N+](=O)[O-])n1CC(CN1CCCC1=O)OS(=O)(=O)O. The van der Waals surface area contributed by atoms with Gasteiger partial charge in [-0.1, -0.05) is 0 Å². The van der Waals surface area contributed by atoms with Crippen LogP contribution in [0.3, 0.4) is 0 Å². The number of hydrogen-bond acceptors (Lipinski definition) is 7. The summed E-state index contributed by atoms with van der Waals surface area (Å²) in [5, 5.41) is 11.0. The van der Waals surface area contributed by atoms with Gasteiger partial charge in [-0.25, -0.2) is 13.7 Å². The van der Waals surface area contributed by atoms with Gasteiger partial charge in [-0.2, -0.15) is 8.42 Å². The first-order valence-electron chi connectivity index (χ1n) is 6.77. The molecule has 2 rings (SSSR count). The second kappa shape index (κ2) is 6.60. The molecular formula is C11H16N4O7S. The summed E-state index contributed by atoms with van der Waals surface area (Å²) in [6, 6.07) is 0. The van der Waals surface area contributed by atoms with Crippen molar-refractivity contribution in [2.75, 3.05) is 13.1 Å². The van der Waals surface area contributed by atoms with E-state index in [1.54, 1.807) is 0 Å². The summed E-state index contributed by atoms with van der Waals surface area (Å²) in [4.78, 5) is 27.2. The summed E-state index contributed by atoms with van der Waals surface area (Å²) < 4.78 is 36.6. The van der Waals surface area contributed by atoms with Gasteiger partial charge in [-0.3, -0.25) is 9.35 Å². The molecule has 1 unspecified atom stereocenters. The average molecular weight is 348 g/mol. The second-order valence-corrected chi connectivity index (χ2v) is 6.17. The Hall–Kier alpha value is -2.05. The lowest BCUT2D eigenvalue weighted by molar-refractivity contribution is -0.392.